The van der Waals surface area contributed by atoms with E-state index in [0.717, 1.165) is 24.8 Å². The quantitative estimate of drug-likeness (QED) is 0.807. The van der Waals surface area contributed by atoms with Crippen LogP contribution in [0.25, 0.3) is 0 Å². The van der Waals surface area contributed by atoms with Crippen LogP contribution in [-0.2, 0) is 19.5 Å². The minimum Gasteiger partial charge on any atom is -0.308 e. The zero-order valence-electron chi connectivity index (χ0n) is 9.76. The summed E-state index contributed by atoms with van der Waals surface area (Å²) in [6.45, 7) is 8.28. The van der Waals surface area contributed by atoms with E-state index in [1.54, 1.807) is 0 Å². The van der Waals surface area contributed by atoms with Crippen molar-refractivity contribution in [2.24, 2.45) is 0 Å². The maximum Gasteiger partial charge on any atom is 0.0625 e. The Morgan fingerprint density at radius 1 is 1.53 bits per heavy atom. The molecule has 3 nitrogen and oxygen atoms in total. The van der Waals surface area contributed by atoms with Gasteiger partial charge in [0.2, 0.25) is 0 Å². The van der Waals surface area contributed by atoms with Crippen LogP contribution in [0.15, 0.2) is 6.07 Å². The SMILES string of the molecule is CCc1cc(CNC(C)CBr)n(CC)n1. The molecule has 15 heavy (non-hydrogen) atoms. The maximum atomic E-state index is 4.52. The Kier molecular flexibility index (Phi) is 5.32. The minimum atomic E-state index is 0.496. The molecule has 1 unspecified atom stereocenters. The van der Waals surface area contributed by atoms with Crippen molar-refractivity contribution in [3.8, 4) is 0 Å². The van der Waals surface area contributed by atoms with Crippen LogP contribution in [0.3, 0.4) is 0 Å². The summed E-state index contributed by atoms with van der Waals surface area (Å²) in [6, 6.07) is 2.69. The number of aromatic nitrogens is 2. The number of alkyl halides is 1. The Hall–Kier alpha value is -0.350. The van der Waals surface area contributed by atoms with Crippen LogP contribution in [0, 0.1) is 0 Å². The summed E-state index contributed by atoms with van der Waals surface area (Å²) >= 11 is 3.46. The predicted molar refractivity (Wildman–Crippen MR) is 67.4 cm³/mol. The molecule has 1 aromatic rings. The molecular formula is C11H20BrN3. The monoisotopic (exact) mass is 273 g/mol. The van der Waals surface area contributed by atoms with Gasteiger partial charge in [-0.1, -0.05) is 22.9 Å². The molecule has 0 amide bonds. The first-order valence-electron chi connectivity index (χ1n) is 5.56. The highest BCUT2D eigenvalue weighted by Crippen LogP contribution is 2.05. The van der Waals surface area contributed by atoms with Gasteiger partial charge in [-0.2, -0.15) is 5.10 Å². The molecule has 0 saturated heterocycles. The summed E-state index contributed by atoms with van der Waals surface area (Å²) < 4.78 is 2.08. The van der Waals surface area contributed by atoms with Crippen molar-refractivity contribution in [1.29, 1.82) is 0 Å². The van der Waals surface area contributed by atoms with Gasteiger partial charge in [-0.25, -0.2) is 0 Å². The van der Waals surface area contributed by atoms with E-state index < -0.39 is 0 Å². The molecule has 1 heterocycles. The van der Waals surface area contributed by atoms with Gasteiger partial charge in [0.1, 0.15) is 0 Å². The Morgan fingerprint density at radius 3 is 2.80 bits per heavy atom. The van der Waals surface area contributed by atoms with Gasteiger partial charge in [-0.15, -0.1) is 0 Å². The Labute approximate surface area is 100 Å². The van der Waals surface area contributed by atoms with E-state index in [1.807, 2.05) is 0 Å². The number of aryl methyl sites for hydroxylation is 2. The van der Waals surface area contributed by atoms with Crippen molar-refractivity contribution < 1.29 is 0 Å². The first kappa shape index (κ1) is 12.7. The van der Waals surface area contributed by atoms with E-state index in [1.165, 1.54) is 11.4 Å². The standard InChI is InChI=1S/C11H20BrN3/c1-4-10-6-11(15(5-2)14-10)8-13-9(3)7-12/h6,9,13H,4-5,7-8H2,1-3H3. The third-order valence-corrected chi connectivity index (χ3v) is 3.41. The molecule has 0 radical (unpaired) electrons. The van der Waals surface area contributed by atoms with E-state index in [9.17, 15) is 0 Å². The number of nitrogens with one attached hydrogen (secondary N) is 1. The Bertz CT molecular complexity index is 296. The summed E-state index contributed by atoms with van der Waals surface area (Å²) in [5.74, 6) is 0. The summed E-state index contributed by atoms with van der Waals surface area (Å²) in [5.41, 5.74) is 2.46. The number of hydrogen-bond donors (Lipinski definition) is 1. The summed E-state index contributed by atoms with van der Waals surface area (Å²) in [7, 11) is 0. The largest absolute Gasteiger partial charge is 0.308 e. The lowest BCUT2D eigenvalue weighted by Gasteiger charge is -2.10. The highest BCUT2D eigenvalue weighted by Gasteiger charge is 2.06. The van der Waals surface area contributed by atoms with Gasteiger partial charge in [0, 0.05) is 24.5 Å². The van der Waals surface area contributed by atoms with Gasteiger partial charge < -0.3 is 5.32 Å². The fraction of sp³-hybridized carbons (Fsp3) is 0.727. The van der Waals surface area contributed by atoms with Crippen molar-refractivity contribution in [2.75, 3.05) is 5.33 Å². The molecule has 86 valence electrons. The van der Waals surface area contributed by atoms with Crippen LogP contribution in [-0.4, -0.2) is 21.2 Å². The number of hydrogen-bond acceptors (Lipinski definition) is 2. The molecule has 0 saturated carbocycles. The molecule has 1 N–H and O–H groups in total. The second-order valence-electron chi connectivity index (χ2n) is 3.73. The fourth-order valence-electron chi connectivity index (χ4n) is 1.44. The first-order chi connectivity index (χ1) is 7.21. The third kappa shape index (κ3) is 3.61. The average molecular weight is 274 g/mol. The van der Waals surface area contributed by atoms with Crippen molar-refractivity contribution in [3.05, 3.63) is 17.5 Å². The Morgan fingerprint density at radius 2 is 2.27 bits per heavy atom. The molecule has 0 aliphatic heterocycles. The number of nitrogens with zero attached hydrogens (tertiary/aromatic N) is 2. The molecular weight excluding hydrogens is 254 g/mol. The van der Waals surface area contributed by atoms with Crippen LogP contribution >= 0.6 is 15.9 Å². The molecule has 0 fully saturated rings. The molecule has 0 aliphatic carbocycles. The predicted octanol–water partition coefficient (Wildman–Crippen LogP) is 2.34. The van der Waals surface area contributed by atoms with Gasteiger partial charge in [0.05, 0.1) is 11.4 Å². The molecule has 0 aliphatic rings. The first-order valence-corrected chi connectivity index (χ1v) is 6.68. The van der Waals surface area contributed by atoms with E-state index in [2.05, 4.69) is 57.9 Å². The van der Waals surface area contributed by atoms with E-state index in [4.69, 9.17) is 0 Å². The molecule has 1 rings (SSSR count). The highest BCUT2D eigenvalue weighted by molar-refractivity contribution is 9.09. The van der Waals surface area contributed by atoms with E-state index in [0.29, 0.717) is 6.04 Å². The summed E-state index contributed by atoms with van der Waals surface area (Å²) in [4.78, 5) is 0. The fourth-order valence-corrected chi connectivity index (χ4v) is 1.67. The molecule has 4 heteroatoms. The second-order valence-corrected chi connectivity index (χ2v) is 4.38. The van der Waals surface area contributed by atoms with Crippen LogP contribution < -0.4 is 5.32 Å². The molecule has 1 atom stereocenters. The highest BCUT2D eigenvalue weighted by atomic mass is 79.9. The summed E-state index contributed by atoms with van der Waals surface area (Å²) in [6.07, 6.45) is 1.01. The normalized spacial score (nSPS) is 13.1. The van der Waals surface area contributed by atoms with Gasteiger partial charge >= 0.3 is 0 Å². The number of rotatable bonds is 6. The zero-order chi connectivity index (χ0) is 11.3. The molecule has 0 spiro atoms. The molecule has 0 bridgehead atoms. The van der Waals surface area contributed by atoms with Gasteiger partial charge in [0.15, 0.2) is 0 Å². The van der Waals surface area contributed by atoms with Crippen LogP contribution in [0.2, 0.25) is 0 Å². The third-order valence-electron chi connectivity index (χ3n) is 2.44. The maximum absolute atomic E-state index is 4.52. The van der Waals surface area contributed by atoms with Crippen molar-refractivity contribution in [1.82, 2.24) is 15.1 Å². The van der Waals surface area contributed by atoms with Crippen LogP contribution in [0.4, 0.5) is 0 Å². The lowest BCUT2D eigenvalue weighted by atomic mass is 10.3. The summed E-state index contributed by atoms with van der Waals surface area (Å²) in [5, 5.41) is 8.95. The Balaban J connectivity index is 2.62. The average Bonchev–Trinajstić information content (AvgIpc) is 2.68. The van der Waals surface area contributed by atoms with Gasteiger partial charge in [-0.3, -0.25) is 4.68 Å². The zero-order valence-corrected chi connectivity index (χ0v) is 11.3. The van der Waals surface area contributed by atoms with Gasteiger partial charge in [0.25, 0.3) is 0 Å². The van der Waals surface area contributed by atoms with E-state index >= 15 is 0 Å². The van der Waals surface area contributed by atoms with Crippen molar-refractivity contribution in [3.63, 3.8) is 0 Å². The van der Waals surface area contributed by atoms with Gasteiger partial charge in [-0.05, 0) is 26.3 Å². The molecule has 1 aromatic heterocycles. The topological polar surface area (TPSA) is 29.9 Å². The lowest BCUT2D eigenvalue weighted by molar-refractivity contribution is 0.544. The minimum absolute atomic E-state index is 0.496. The lowest BCUT2D eigenvalue weighted by Crippen LogP contribution is -2.27. The van der Waals surface area contributed by atoms with Crippen molar-refractivity contribution in [2.45, 2.75) is 46.3 Å². The molecule has 0 aromatic carbocycles. The van der Waals surface area contributed by atoms with E-state index in [-0.39, 0.29) is 0 Å². The smallest absolute Gasteiger partial charge is 0.0625 e. The van der Waals surface area contributed by atoms with Crippen molar-refractivity contribution >= 4 is 15.9 Å². The second kappa shape index (κ2) is 6.28. The number of halogens is 1. The van der Waals surface area contributed by atoms with Crippen LogP contribution in [0.5, 0.6) is 0 Å². The van der Waals surface area contributed by atoms with Crippen LogP contribution in [0.1, 0.15) is 32.2 Å².